The van der Waals surface area contributed by atoms with Crippen molar-refractivity contribution in [2.24, 2.45) is 0 Å². The molecule has 3 rings (SSSR count). The Morgan fingerprint density at radius 2 is 1.56 bits per heavy atom. The molecule has 0 radical (unpaired) electrons. The van der Waals surface area contributed by atoms with E-state index in [1.54, 1.807) is 11.4 Å². The van der Waals surface area contributed by atoms with Gasteiger partial charge in [-0.3, -0.25) is 4.79 Å². The fourth-order valence-corrected chi connectivity index (χ4v) is 5.41. The number of rotatable bonds is 6. The molecule has 1 atom stereocenters. The maximum Gasteiger partial charge on any atom is 0.251 e. The van der Waals surface area contributed by atoms with Crippen LogP contribution in [0.25, 0.3) is 0 Å². The third kappa shape index (κ3) is 4.40. The number of carbonyl (C=O) groups excluding carboxylic acids is 1. The lowest BCUT2D eigenvalue weighted by Gasteiger charge is -2.18. The lowest BCUT2D eigenvalue weighted by molar-refractivity contribution is 0.0953. The van der Waals surface area contributed by atoms with Gasteiger partial charge in [-0.05, 0) is 53.4 Å². The smallest absolute Gasteiger partial charge is 0.251 e. The molecule has 0 aliphatic heterocycles. The Morgan fingerprint density at radius 3 is 2.11 bits per heavy atom. The van der Waals surface area contributed by atoms with Crippen LogP contribution in [0.5, 0.6) is 0 Å². The van der Waals surface area contributed by atoms with Crippen LogP contribution in [0.4, 0.5) is 8.78 Å². The second-order valence-electron chi connectivity index (χ2n) is 5.73. The zero-order valence-corrected chi connectivity index (χ0v) is 15.6. The van der Waals surface area contributed by atoms with Crippen LogP contribution in [-0.4, -0.2) is 20.9 Å². The molecule has 0 saturated carbocycles. The summed E-state index contributed by atoms with van der Waals surface area (Å²) in [6, 6.07) is 13.1. The van der Waals surface area contributed by atoms with Crippen LogP contribution in [0.2, 0.25) is 0 Å². The van der Waals surface area contributed by atoms with E-state index >= 15 is 0 Å². The van der Waals surface area contributed by atoms with Crippen molar-refractivity contribution in [1.82, 2.24) is 5.32 Å². The molecular formula is C19H15F2NO3S2. The molecule has 8 heteroatoms. The van der Waals surface area contributed by atoms with E-state index in [1.807, 2.05) is 0 Å². The van der Waals surface area contributed by atoms with E-state index in [1.165, 1.54) is 42.5 Å². The van der Waals surface area contributed by atoms with Crippen LogP contribution < -0.4 is 5.32 Å². The van der Waals surface area contributed by atoms with E-state index in [0.29, 0.717) is 5.56 Å². The maximum absolute atomic E-state index is 13.2. The number of thiophene rings is 1. The predicted octanol–water partition coefficient (Wildman–Crippen LogP) is 3.97. The Labute approximate surface area is 159 Å². The number of amides is 1. The highest BCUT2D eigenvalue weighted by atomic mass is 32.2. The maximum atomic E-state index is 13.2. The zero-order chi connectivity index (χ0) is 19.4. The molecule has 4 nitrogen and oxygen atoms in total. The van der Waals surface area contributed by atoms with Crippen molar-refractivity contribution in [3.8, 4) is 0 Å². The summed E-state index contributed by atoms with van der Waals surface area (Å²) in [5.41, 5.74) is 0.576. The van der Waals surface area contributed by atoms with Crippen LogP contribution in [0.15, 0.2) is 70.3 Å². The largest absolute Gasteiger partial charge is 0.350 e. The third-order valence-corrected chi connectivity index (χ3v) is 7.48. The van der Waals surface area contributed by atoms with Crippen LogP contribution in [0, 0.1) is 11.6 Å². The van der Waals surface area contributed by atoms with Crippen molar-refractivity contribution in [3.63, 3.8) is 0 Å². The molecule has 0 fully saturated rings. The molecule has 1 N–H and O–H groups in total. The molecule has 140 valence electrons. The molecule has 2 aromatic carbocycles. The minimum atomic E-state index is -3.79. The minimum Gasteiger partial charge on any atom is -0.350 e. The molecule has 1 heterocycles. The van der Waals surface area contributed by atoms with Crippen molar-refractivity contribution in [2.75, 3.05) is 6.54 Å². The molecule has 0 unspecified atom stereocenters. The van der Waals surface area contributed by atoms with Crippen molar-refractivity contribution < 1.29 is 22.0 Å². The standard InChI is InChI=1S/C19H15F2NO3S2/c20-15-7-3-13(4-8-15)17(27(24,25)18-2-1-11-26-18)12-22-19(23)14-5-9-16(21)10-6-14/h1-11,17H,12H2,(H,22,23)/t17-/m1/s1. The molecular weight excluding hydrogens is 392 g/mol. The highest BCUT2D eigenvalue weighted by Crippen LogP contribution is 2.31. The Bertz CT molecular complexity index is 1020. The van der Waals surface area contributed by atoms with Crippen LogP contribution in [0.1, 0.15) is 21.2 Å². The van der Waals surface area contributed by atoms with Gasteiger partial charge < -0.3 is 5.32 Å². The van der Waals surface area contributed by atoms with Gasteiger partial charge in [0.15, 0.2) is 9.84 Å². The molecule has 27 heavy (non-hydrogen) atoms. The Kier molecular flexibility index (Phi) is 5.67. The lowest BCUT2D eigenvalue weighted by Crippen LogP contribution is -2.31. The number of carbonyl (C=O) groups is 1. The normalized spacial score (nSPS) is 12.5. The summed E-state index contributed by atoms with van der Waals surface area (Å²) in [5, 5.41) is 3.13. The summed E-state index contributed by atoms with van der Waals surface area (Å²) in [7, 11) is -3.79. The Balaban J connectivity index is 1.87. The molecule has 0 saturated heterocycles. The first-order chi connectivity index (χ1) is 12.9. The van der Waals surface area contributed by atoms with Gasteiger partial charge >= 0.3 is 0 Å². The molecule has 0 aliphatic carbocycles. The summed E-state index contributed by atoms with van der Waals surface area (Å²) >= 11 is 1.07. The summed E-state index contributed by atoms with van der Waals surface area (Å²) in [6.07, 6.45) is 0. The quantitative estimate of drug-likeness (QED) is 0.673. The van der Waals surface area contributed by atoms with Crippen LogP contribution in [-0.2, 0) is 9.84 Å². The van der Waals surface area contributed by atoms with Gasteiger partial charge in [-0.2, -0.15) is 0 Å². The van der Waals surface area contributed by atoms with Crippen LogP contribution in [0.3, 0.4) is 0 Å². The summed E-state index contributed by atoms with van der Waals surface area (Å²) < 4.78 is 52.4. The van der Waals surface area contributed by atoms with E-state index in [-0.39, 0.29) is 16.3 Å². The van der Waals surface area contributed by atoms with Gasteiger partial charge in [-0.1, -0.05) is 18.2 Å². The molecule has 0 bridgehead atoms. The average Bonchev–Trinajstić information content (AvgIpc) is 3.19. The predicted molar refractivity (Wildman–Crippen MR) is 99.4 cm³/mol. The van der Waals surface area contributed by atoms with Crippen molar-refractivity contribution >= 4 is 27.1 Å². The number of halogens is 2. The van der Waals surface area contributed by atoms with E-state index in [0.717, 1.165) is 23.5 Å². The third-order valence-electron chi connectivity index (χ3n) is 3.95. The fraction of sp³-hybridized carbons (Fsp3) is 0.105. The Hall–Kier alpha value is -2.58. The lowest BCUT2D eigenvalue weighted by atomic mass is 10.1. The monoisotopic (exact) mass is 407 g/mol. The molecule has 1 aromatic heterocycles. The number of benzene rings is 2. The molecule has 0 spiro atoms. The summed E-state index contributed by atoms with van der Waals surface area (Å²) in [5.74, 6) is -1.49. The van der Waals surface area contributed by atoms with E-state index < -0.39 is 32.6 Å². The van der Waals surface area contributed by atoms with Crippen molar-refractivity contribution in [2.45, 2.75) is 9.46 Å². The van der Waals surface area contributed by atoms with E-state index in [2.05, 4.69) is 5.32 Å². The Morgan fingerprint density at radius 1 is 0.963 bits per heavy atom. The summed E-state index contributed by atoms with van der Waals surface area (Å²) in [6.45, 7) is -0.206. The van der Waals surface area contributed by atoms with Crippen LogP contribution >= 0.6 is 11.3 Å². The first-order valence-electron chi connectivity index (χ1n) is 7.94. The molecule has 0 aliphatic rings. The fourth-order valence-electron chi connectivity index (χ4n) is 2.54. The van der Waals surface area contributed by atoms with E-state index in [9.17, 15) is 22.0 Å². The van der Waals surface area contributed by atoms with Gasteiger partial charge in [-0.25, -0.2) is 17.2 Å². The number of sulfone groups is 1. The van der Waals surface area contributed by atoms with Gasteiger partial charge in [-0.15, -0.1) is 11.3 Å². The molecule has 1 amide bonds. The number of hydrogen-bond donors (Lipinski definition) is 1. The highest BCUT2D eigenvalue weighted by molar-refractivity contribution is 7.93. The second kappa shape index (κ2) is 7.98. The summed E-state index contributed by atoms with van der Waals surface area (Å²) in [4.78, 5) is 12.3. The van der Waals surface area contributed by atoms with Crippen molar-refractivity contribution in [1.29, 1.82) is 0 Å². The first kappa shape index (κ1) is 19.2. The zero-order valence-electron chi connectivity index (χ0n) is 13.9. The molecule has 3 aromatic rings. The number of hydrogen-bond acceptors (Lipinski definition) is 4. The van der Waals surface area contributed by atoms with Gasteiger partial charge in [0.1, 0.15) is 21.1 Å². The minimum absolute atomic E-state index is 0.160. The number of nitrogens with one attached hydrogen (secondary N) is 1. The van der Waals surface area contributed by atoms with Gasteiger partial charge in [0.25, 0.3) is 5.91 Å². The van der Waals surface area contributed by atoms with Gasteiger partial charge in [0.2, 0.25) is 0 Å². The van der Waals surface area contributed by atoms with E-state index in [4.69, 9.17) is 0 Å². The van der Waals surface area contributed by atoms with Gasteiger partial charge in [0, 0.05) is 12.1 Å². The van der Waals surface area contributed by atoms with Gasteiger partial charge in [0.05, 0.1) is 0 Å². The second-order valence-corrected chi connectivity index (χ2v) is 9.04. The SMILES string of the molecule is O=C(NC[C@H](c1ccc(F)cc1)S(=O)(=O)c1cccs1)c1ccc(F)cc1. The topological polar surface area (TPSA) is 63.2 Å². The first-order valence-corrected chi connectivity index (χ1v) is 10.4. The van der Waals surface area contributed by atoms with Crippen molar-refractivity contribution in [3.05, 3.63) is 88.8 Å². The highest BCUT2D eigenvalue weighted by Gasteiger charge is 2.30. The average molecular weight is 407 g/mol.